The first-order valence-corrected chi connectivity index (χ1v) is 6.46. The maximum Gasteiger partial charge on any atom is 0.319 e. The Bertz CT molecular complexity index is 392. The summed E-state index contributed by atoms with van der Waals surface area (Å²) in [6.45, 7) is 1.72. The largest absolute Gasteiger partial charge is 0.480 e. The molecule has 0 aliphatic carbocycles. The zero-order valence-corrected chi connectivity index (χ0v) is 10.5. The van der Waals surface area contributed by atoms with Crippen LogP contribution in [0.25, 0.3) is 0 Å². The molecule has 0 aliphatic heterocycles. The number of hydrogen-bond acceptors (Lipinski definition) is 2. The predicted molar refractivity (Wildman–Crippen MR) is 62.3 cm³/mol. The van der Waals surface area contributed by atoms with Crippen molar-refractivity contribution < 1.29 is 14.1 Å². The summed E-state index contributed by atoms with van der Waals surface area (Å²) in [5.41, 5.74) is 0. The first-order chi connectivity index (χ1) is 7.07. The van der Waals surface area contributed by atoms with Gasteiger partial charge in [0.2, 0.25) is 0 Å². The highest BCUT2D eigenvalue weighted by atomic mass is 79.9. The second-order valence-corrected chi connectivity index (χ2v) is 5.42. The number of benzene rings is 1. The molecule has 0 heterocycles. The monoisotopic (exact) mass is 290 g/mol. The average Bonchev–Trinajstić information content (AvgIpc) is 2.18. The Morgan fingerprint density at radius 1 is 1.53 bits per heavy atom. The molecular weight excluding hydrogens is 280 g/mol. The average molecular weight is 291 g/mol. The van der Waals surface area contributed by atoms with E-state index in [0.29, 0.717) is 15.8 Å². The minimum Gasteiger partial charge on any atom is -0.480 e. The summed E-state index contributed by atoms with van der Waals surface area (Å²) < 4.78 is 12.6. The van der Waals surface area contributed by atoms with Gasteiger partial charge in [-0.1, -0.05) is 19.1 Å². The van der Waals surface area contributed by atoms with Crippen molar-refractivity contribution in [2.45, 2.75) is 23.5 Å². The van der Waals surface area contributed by atoms with Gasteiger partial charge in [-0.05, 0) is 34.5 Å². The maximum absolute atomic E-state index is 11.9. The molecule has 0 saturated carbocycles. The molecule has 2 atom stereocenters. The van der Waals surface area contributed by atoms with Gasteiger partial charge in [-0.2, -0.15) is 0 Å². The van der Waals surface area contributed by atoms with Crippen LogP contribution in [0.5, 0.6) is 0 Å². The Hall–Kier alpha value is -0.680. The van der Waals surface area contributed by atoms with Crippen molar-refractivity contribution in [1.82, 2.24) is 0 Å². The Morgan fingerprint density at radius 2 is 2.13 bits per heavy atom. The SMILES string of the molecule is CCC(C(=O)O)S(=O)c1ccccc1Br. The van der Waals surface area contributed by atoms with E-state index in [1.807, 2.05) is 0 Å². The minimum absolute atomic E-state index is 0.350. The van der Waals surface area contributed by atoms with E-state index in [1.54, 1.807) is 31.2 Å². The highest BCUT2D eigenvalue weighted by Crippen LogP contribution is 2.23. The van der Waals surface area contributed by atoms with Crippen molar-refractivity contribution in [3.63, 3.8) is 0 Å². The molecule has 0 fully saturated rings. The van der Waals surface area contributed by atoms with Gasteiger partial charge < -0.3 is 5.11 Å². The van der Waals surface area contributed by atoms with Crippen LogP contribution in [0.15, 0.2) is 33.6 Å². The van der Waals surface area contributed by atoms with Crippen LogP contribution in [0.3, 0.4) is 0 Å². The highest BCUT2D eigenvalue weighted by molar-refractivity contribution is 9.10. The van der Waals surface area contributed by atoms with Crippen molar-refractivity contribution in [3.8, 4) is 0 Å². The molecule has 5 heteroatoms. The summed E-state index contributed by atoms with van der Waals surface area (Å²) in [6.07, 6.45) is 0.350. The van der Waals surface area contributed by atoms with Gasteiger partial charge in [-0.15, -0.1) is 0 Å². The molecule has 1 rings (SSSR count). The van der Waals surface area contributed by atoms with Gasteiger partial charge in [0.1, 0.15) is 5.25 Å². The molecule has 0 saturated heterocycles. The van der Waals surface area contributed by atoms with Crippen LogP contribution in [0, 0.1) is 0 Å². The highest BCUT2D eigenvalue weighted by Gasteiger charge is 2.24. The van der Waals surface area contributed by atoms with Crippen LogP contribution in [0.2, 0.25) is 0 Å². The van der Waals surface area contributed by atoms with Crippen LogP contribution in [0.1, 0.15) is 13.3 Å². The lowest BCUT2D eigenvalue weighted by molar-refractivity contribution is -0.136. The van der Waals surface area contributed by atoms with Gasteiger partial charge in [-0.25, -0.2) is 0 Å². The molecular formula is C10H11BrO3S. The molecule has 0 bridgehead atoms. The number of aliphatic carboxylic acids is 1. The van der Waals surface area contributed by atoms with Gasteiger partial charge in [0, 0.05) is 4.47 Å². The summed E-state index contributed by atoms with van der Waals surface area (Å²) in [5, 5.41) is 8.04. The first-order valence-electron chi connectivity index (χ1n) is 4.45. The van der Waals surface area contributed by atoms with Crippen LogP contribution in [-0.4, -0.2) is 20.5 Å². The first kappa shape index (κ1) is 12.4. The van der Waals surface area contributed by atoms with Crippen molar-refractivity contribution in [2.24, 2.45) is 0 Å². The summed E-state index contributed by atoms with van der Waals surface area (Å²) >= 11 is 3.26. The maximum atomic E-state index is 11.9. The molecule has 0 radical (unpaired) electrons. The number of carbonyl (C=O) groups is 1. The van der Waals surface area contributed by atoms with E-state index in [2.05, 4.69) is 15.9 Å². The molecule has 3 nitrogen and oxygen atoms in total. The fourth-order valence-electron chi connectivity index (χ4n) is 1.18. The van der Waals surface area contributed by atoms with Crippen molar-refractivity contribution in [3.05, 3.63) is 28.7 Å². The van der Waals surface area contributed by atoms with E-state index in [4.69, 9.17) is 5.11 Å². The Balaban J connectivity index is 3.03. The summed E-state index contributed by atoms with van der Waals surface area (Å²) in [5.74, 6) is -1.02. The van der Waals surface area contributed by atoms with E-state index in [1.165, 1.54) is 0 Å². The smallest absolute Gasteiger partial charge is 0.319 e. The fourth-order valence-corrected chi connectivity index (χ4v) is 3.21. The third-order valence-corrected chi connectivity index (χ3v) is 4.75. The Morgan fingerprint density at radius 3 is 2.60 bits per heavy atom. The molecule has 1 N–H and O–H groups in total. The van der Waals surface area contributed by atoms with Crippen molar-refractivity contribution in [2.75, 3.05) is 0 Å². The standard InChI is InChI=1S/C10H11BrO3S/c1-2-8(10(12)13)15(14)9-6-4-3-5-7(9)11/h3-6,8H,2H2,1H3,(H,12,13). The Labute approximate surface area is 99.1 Å². The lowest BCUT2D eigenvalue weighted by Crippen LogP contribution is -2.24. The third-order valence-electron chi connectivity index (χ3n) is 1.96. The topological polar surface area (TPSA) is 54.4 Å². The van der Waals surface area contributed by atoms with Gasteiger partial charge in [0.05, 0.1) is 15.7 Å². The number of carboxylic acid groups (broad SMARTS) is 1. The molecule has 0 amide bonds. The molecule has 0 aromatic heterocycles. The van der Waals surface area contributed by atoms with Crippen LogP contribution in [0.4, 0.5) is 0 Å². The molecule has 1 aromatic rings. The van der Waals surface area contributed by atoms with Crippen LogP contribution < -0.4 is 0 Å². The number of halogens is 1. The molecule has 1 aromatic carbocycles. The van der Waals surface area contributed by atoms with E-state index >= 15 is 0 Å². The zero-order valence-electron chi connectivity index (χ0n) is 8.14. The van der Waals surface area contributed by atoms with Crippen molar-refractivity contribution >= 4 is 32.7 Å². The van der Waals surface area contributed by atoms with Gasteiger partial charge in [0.25, 0.3) is 0 Å². The fraction of sp³-hybridized carbons (Fsp3) is 0.300. The summed E-state index contributed by atoms with van der Waals surface area (Å²) in [7, 11) is -1.51. The molecule has 2 unspecified atom stereocenters. The van der Waals surface area contributed by atoms with Gasteiger partial charge in [-0.3, -0.25) is 9.00 Å². The number of hydrogen-bond donors (Lipinski definition) is 1. The van der Waals surface area contributed by atoms with E-state index in [0.717, 1.165) is 0 Å². The molecule has 82 valence electrons. The normalized spacial score (nSPS) is 14.5. The second kappa shape index (κ2) is 5.42. The minimum atomic E-state index is -1.51. The van der Waals surface area contributed by atoms with E-state index in [-0.39, 0.29) is 0 Å². The molecule has 0 aliphatic rings. The summed E-state index contributed by atoms with van der Waals surface area (Å²) in [4.78, 5) is 11.4. The van der Waals surface area contributed by atoms with E-state index in [9.17, 15) is 9.00 Å². The predicted octanol–water partition coefficient (Wildman–Crippen LogP) is 2.42. The van der Waals surface area contributed by atoms with Crippen LogP contribution in [-0.2, 0) is 15.6 Å². The van der Waals surface area contributed by atoms with Gasteiger partial charge >= 0.3 is 5.97 Å². The van der Waals surface area contributed by atoms with Gasteiger partial charge in [0.15, 0.2) is 0 Å². The third kappa shape index (κ3) is 2.89. The van der Waals surface area contributed by atoms with Crippen molar-refractivity contribution in [1.29, 1.82) is 0 Å². The quantitative estimate of drug-likeness (QED) is 0.927. The lowest BCUT2D eigenvalue weighted by Gasteiger charge is -2.10. The van der Waals surface area contributed by atoms with E-state index < -0.39 is 22.0 Å². The Kier molecular flexibility index (Phi) is 4.47. The summed E-state index contributed by atoms with van der Waals surface area (Å²) in [6, 6.07) is 6.96. The molecule has 0 spiro atoms. The zero-order chi connectivity index (χ0) is 11.4. The second-order valence-electron chi connectivity index (χ2n) is 2.96. The number of carboxylic acids is 1. The van der Waals surface area contributed by atoms with Crippen LogP contribution >= 0.6 is 15.9 Å². The lowest BCUT2D eigenvalue weighted by atomic mass is 10.3. The number of rotatable bonds is 4. The molecule has 15 heavy (non-hydrogen) atoms.